The number of halogens is 3. The molecule has 154 valence electrons. The smallest absolute Gasteiger partial charge is 0.360 e. The highest BCUT2D eigenvalue weighted by molar-refractivity contribution is 6.12. The Morgan fingerprint density at radius 1 is 0.933 bits per heavy atom. The van der Waals surface area contributed by atoms with Gasteiger partial charge in [-0.1, -0.05) is 49.7 Å². The van der Waals surface area contributed by atoms with Gasteiger partial charge in [-0.15, -0.1) is 0 Å². The number of anilines is 2. The van der Waals surface area contributed by atoms with E-state index in [-0.39, 0.29) is 5.91 Å². The van der Waals surface area contributed by atoms with E-state index in [1.165, 1.54) is 17.7 Å². The molecule has 3 nitrogen and oxygen atoms in total. The number of benzene rings is 3. The lowest BCUT2D eigenvalue weighted by molar-refractivity contribution is -0.137. The number of carbonyl (C=O) groups excluding carboxylic acids is 1. The summed E-state index contributed by atoms with van der Waals surface area (Å²) >= 11 is 0. The summed E-state index contributed by atoms with van der Waals surface area (Å²) in [5.74, 6) is -0.197. The third-order valence-electron chi connectivity index (χ3n) is 5.23. The molecule has 0 bridgehead atoms. The SMILES string of the molecule is CCCc1ccc(N2C(=O)c3ccccc3NC2c2ccc(C(F)(F)F)cc2)cc1. The molecule has 30 heavy (non-hydrogen) atoms. The Labute approximate surface area is 173 Å². The van der Waals surface area contributed by atoms with E-state index < -0.39 is 17.9 Å². The lowest BCUT2D eigenvalue weighted by Gasteiger charge is -2.38. The minimum Gasteiger partial charge on any atom is -0.360 e. The predicted molar refractivity (Wildman–Crippen MR) is 111 cm³/mol. The van der Waals surface area contributed by atoms with Crippen LogP contribution in [0, 0.1) is 0 Å². The molecule has 0 fully saturated rings. The van der Waals surface area contributed by atoms with Crippen LogP contribution in [0.3, 0.4) is 0 Å². The van der Waals surface area contributed by atoms with Gasteiger partial charge in [0.25, 0.3) is 5.91 Å². The summed E-state index contributed by atoms with van der Waals surface area (Å²) in [6.07, 6.45) is -3.06. The molecule has 1 aliphatic heterocycles. The van der Waals surface area contributed by atoms with Gasteiger partial charge in [-0.3, -0.25) is 9.69 Å². The van der Waals surface area contributed by atoms with Crippen LogP contribution in [0.2, 0.25) is 0 Å². The molecule has 0 saturated heterocycles. The first-order valence-electron chi connectivity index (χ1n) is 9.83. The lowest BCUT2D eigenvalue weighted by atomic mass is 10.0. The fraction of sp³-hybridized carbons (Fsp3) is 0.208. The molecule has 0 radical (unpaired) electrons. The van der Waals surface area contributed by atoms with Crippen molar-refractivity contribution in [3.05, 3.63) is 95.1 Å². The third kappa shape index (κ3) is 3.77. The molecule has 3 aromatic rings. The van der Waals surface area contributed by atoms with E-state index in [9.17, 15) is 18.0 Å². The topological polar surface area (TPSA) is 32.3 Å². The Morgan fingerprint density at radius 2 is 1.60 bits per heavy atom. The molecule has 1 atom stereocenters. The van der Waals surface area contributed by atoms with Crippen molar-refractivity contribution in [2.24, 2.45) is 0 Å². The largest absolute Gasteiger partial charge is 0.416 e. The third-order valence-corrected chi connectivity index (χ3v) is 5.23. The number of fused-ring (bicyclic) bond motifs is 1. The Hall–Kier alpha value is -3.28. The Kier molecular flexibility index (Phi) is 5.24. The van der Waals surface area contributed by atoms with Crippen LogP contribution in [0.25, 0.3) is 0 Å². The molecule has 1 unspecified atom stereocenters. The minimum atomic E-state index is -4.41. The number of hydrogen-bond donors (Lipinski definition) is 1. The van der Waals surface area contributed by atoms with E-state index in [1.807, 2.05) is 30.3 Å². The van der Waals surface area contributed by atoms with Gasteiger partial charge in [-0.2, -0.15) is 13.2 Å². The number of nitrogens with zero attached hydrogens (tertiary/aromatic N) is 1. The molecule has 0 aliphatic carbocycles. The van der Waals surface area contributed by atoms with Crippen LogP contribution in [0.1, 0.15) is 46.6 Å². The van der Waals surface area contributed by atoms with Crippen molar-refractivity contribution in [2.45, 2.75) is 32.1 Å². The number of rotatable bonds is 4. The second-order valence-electron chi connectivity index (χ2n) is 7.30. The van der Waals surface area contributed by atoms with E-state index >= 15 is 0 Å². The molecule has 0 aromatic heterocycles. The first kappa shape index (κ1) is 20.0. The van der Waals surface area contributed by atoms with Crippen molar-refractivity contribution in [2.75, 3.05) is 10.2 Å². The second-order valence-corrected chi connectivity index (χ2v) is 7.30. The summed E-state index contributed by atoms with van der Waals surface area (Å²) in [4.78, 5) is 14.9. The zero-order valence-electron chi connectivity index (χ0n) is 16.4. The standard InChI is InChI=1S/C24H21F3N2O/c1-2-5-16-8-14-19(15-9-16)29-22(17-10-12-18(13-11-17)24(25,26)27)28-21-7-4-3-6-20(21)23(29)30/h3-4,6-15,22,28H,2,5H2,1H3. The van der Waals surface area contributed by atoms with Crippen LogP contribution in [0.4, 0.5) is 24.5 Å². The average molecular weight is 410 g/mol. The number of alkyl halides is 3. The minimum absolute atomic E-state index is 0.197. The molecule has 3 aromatic carbocycles. The van der Waals surface area contributed by atoms with E-state index in [4.69, 9.17) is 0 Å². The summed E-state index contributed by atoms with van der Waals surface area (Å²) in [6.45, 7) is 2.10. The summed E-state index contributed by atoms with van der Waals surface area (Å²) in [5, 5.41) is 3.31. The number of para-hydroxylation sites is 1. The first-order valence-corrected chi connectivity index (χ1v) is 9.83. The lowest BCUT2D eigenvalue weighted by Crippen LogP contribution is -2.43. The maximum Gasteiger partial charge on any atom is 0.416 e. The van der Waals surface area contributed by atoms with E-state index in [0.717, 1.165) is 25.0 Å². The first-order chi connectivity index (χ1) is 14.4. The van der Waals surface area contributed by atoms with Crippen LogP contribution in [0.15, 0.2) is 72.8 Å². The van der Waals surface area contributed by atoms with Crippen LogP contribution in [0.5, 0.6) is 0 Å². The molecular formula is C24H21F3N2O. The summed E-state index contributed by atoms with van der Waals surface area (Å²) < 4.78 is 38.9. The van der Waals surface area contributed by atoms with Gasteiger partial charge in [-0.05, 0) is 53.9 Å². The number of hydrogen-bond acceptors (Lipinski definition) is 2. The van der Waals surface area contributed by atoms with Crippen molar-refractivity contribution in [3.8, 4) is 0 Å². The Morgan fingerprint density at radius 3 is 2.23 bits per heavy atom. The van der Waals surface area contributed by atoms with Crippen LogP contribution in [-0.4, -0.2) is 5.91 Å². The van der Waals surface area contributed by atoms with Crippen molar-refractivity contribution in [3.63, 3.8) is 0 Å². The van der Waals surface area contributed by atoms with Gasteiger partial charge in [0, 0.05) is 11.4 Å². The zero-order chi connectivity index (χ0) is 21.3. The van der Waals surface area contributed by atoms with E-state index in [2.05, 4.69) is 12.2 Å². The summed E-state index contributed by atoms with van der Waals surface area (Å²) in [6, 6.07) is 19.8. The highest BCUT2D eigenvalue weighted by atomic mass is 19.4. The summed E-state index contributed by atoms with van der Waals surface area (Å²) in [7, 11) is 0. The fourth-order valence-electron chi connectivity index (χ4n) is 3.72. The Bertz CT molecular complexity index is 1040. The van der Waals surface area contributed by atoms with Crippen molar-refractivity contribution in [1.29, 1.82) is 0 Å². The molecule has 1 N–H and O–H groups in total. The highest BCUT2D eigenvalue weighted by Crippen LogP contribution is 2.38. The average Bonchev–Trinajstić information content (AvgIpc) is 2.74. The van der Waals surface area contributed by atoms with E-state index in [0.29, 0.717) is 22.5 Å². The van der Waals surface area contributed by atoms with Gasteiger partial charge in [0.2, 0.25) is 0 Å². The van der Waals surface area contributed by atoms with Crippen molar-refractivity contribution < 1.29 is 18.0 Å². The van der Waals surface area contributed by atoms with Gasteiger partial charge in [0.15, 0.2) is 0 Å². The quantitative estimate of drug-likeness (QED) is 0.538. The van der Waals surface area contributed by atoms with Gasteiger partial charge >= 0.3 is 6.18 Å². The molecule has 1 amide bonds. The molecule has 6 heteroatoms. The fourth-order valence-corrected chi connectivity index (χ4v) is 3.72. The number of aryl methyl sites for hydroxylation is 1. The second kappa shape index (κ2) is 7.86. The van der Waals surface area contributed by atoms with E-state index in [1.54, 1.807) is 23.1 Å². The molecule has 4 rings (SSSR count). The predicted octanol–water partition coefficient (Wildman–Crippen LogP) is 6.43. The van der Waals surface area contributed by atoms with Crippen molar-refractivity contribution >= 4 is 17.3 Å². The molecular weight excluding hydrogens is 389 g/mol. The number of carbonyl (C=O) groups is 1. The number of amides is 1. The van der Waals surface area contributed by atoms with Gasteiger partial charge in [0.1, 0.15) is 6.17 Å². The molecule has 0 spiro atoms. The summed E-state index contributed by atoms with van der Waals surface area (Å²) in [5.41, 5.74) is 2.90. The van der Waals surface area contributed by atoms with Gasteiger partial charge < -0.3 is 5.32 Å². The number of nitrogens with one attached hydrogen (secondary N) is 1. The van der Waals surface area contributed by atoms with Gasteiger partial charge in [0.05, 0.1) is 11.1 Å². The Balaban J connectivity index is 1.76. The van der Waals surface area contributed by atoms with Crippen LogP contribution < -0.4 is 10.2 Å². The monoisotopic (exact) mass is 410 g/mol. The maximum atomic E-state index is 13.3. The zero-order valence-corrected chi connectivity index (χ0v) is 16.4. The van der Waals surface area contributed by atoms with Crippen LogP contribution in [-0.2, 0) is 12.6 Å². The normalized spacial score (nSPS) is 16.2. The molecule has 1 heterocycles. The van der Waals surface area contributed by atoms with Crippen molar-refractivity contribution in [1.82, 2.24) is 0 Å². The van der Waals surface area contributed by atoms with Gasteiger partial charge in [-0.25, -0.2) is 0 Å². The molecule has 1 aliphatic rings. The van der Waals surface area contributed by atoms with Crippen LogP contribution >= 0.6 is 0 Å². The molecule has 0 saturated carbocycles. The highest BCUT2D eigenvalue weighted by Gasteiger charge is 2.35. The maximum absolute atomic E-state index is 13.3.